The van der Waals surface area contributed by atoms with E-state index in [0.29, 0.717) is 17.5 Å². The van der Waals surface area contributed by atoms with Gasteiger partial charge in [-0.05, 0) is 54.7 Å². The standard InChI is InChI=1S/C15H14FNO.C9H20O.C3H4N2O/c1-10-3-4-13(9-14(10)16)11-5-7-12(8-6-11)15(18)17-2;1-3-5-6-7-9-10-8-4-2;4-1-2-5-3-6/h3-9H,1-2H3,(H,17,18);3-9H2,1-2H3;3H,2H2,(H,5,6). The van der Waals surface area contributed by atoms with Crippen molar-refractivity contribution < 1.29 is 18.7 Å². The molecule has 0 aromatic heterocycles. The summed E-state index contributed by atoms with van der Waals surface area (Å²) in [7, 11) is 1.59. The van der Waals surface area contributed by atoms with E-state index < -0.39 is 0 Å². The number of nitrogens with zero attached hydrogens (tertiary/aromatic N) is 1. The highest BCUT2D eigenvalue weighted by molar-refractivity contribution is 5.94. The molecule has 186 valence electrons. The number of rotatable bonds is 11. The minimum absolute atomic E-state index is 0.101. The smallest absolute Gasteiger partial charge is 0.251 e. The molecule has 0 spiro atoms. The Morgan fingerprint density at radius 3 is 2.21 bits per heavy atom. The first kappa shape index (κ1) is 30.8. The van der Waals surface area contributed by atoms with Gasteiger partial charge < -0.3 is 15.4 Å². The predicted molar refractivity (Wildman–Crippen MR) is 135 cm³/mol. The van der Waals surface area contributed by atoms with Crippen LogP contribution in [0.1, 0.15) is 61.9 Å². The van der Waals surface area contributed by atoms with Crippen LogP contribution in [-0.4, -0.2) is 39.1 Å². The highest BCUT2D eigenvalue weighted by Crippen LogP contribution is 2.22. The van der Waals surface area contributed by atoms with Crippen molar-refractivity contribution in [1.82, 2.24) is 10.6 Å². The molecule has 2 aromatic carbocycles. The molecule has 0 fully saturated rings. The molecule has 0 unspecified atom stereocenters. The molecule has 0 saturated heterocycles. The average molecular weight is 472 g/mol. The van der Waals surface area contributed by atoms with Gasteiger partial charge in [0.15, 0.2) is 0 Å². The van der Waals surface area contributed by atoms with E-state index in [1.54, 1.807) is 38.2 Å². The molecular formula is C27H38FN3O3. The third-order valence-electron chi connectivity index (χ3n) is 4.63. The molecule has 0 atom stereocenters. The van der Waals surface area contributed by atoms with Crippen LogP contribution in [0.3, 0.4) is 0 Å². The van der Waals surface area contributed by atoms with Gasteiger partial charge in [-0.1, -0.05) is 57.4 Å². The second kappa shape index (κ2) is 20.4. The monoisotopic (exact) mass is 471 g/mol. The van der Waals surface area contributed by atoms with Crippen molar-refractivity contribution in [2.24, 2.45) is 0 Å². The van der Waals surface area contributed by atoms with E-state index in [0.717, 1.165) is 30.8 Å². The van der Waals surface area contributed by atoms with Crippen LogP contribution in [0.2, 0.25) is 0 Å². The number of amides is 2. The summed E-state index contributed by atoms with van der Waals surface area (Å²) >= 11 is 0. The zero-order chi connectivity index (χ0) is 25.6. The topological polar surface area (TPSA) is 91.2 Å². The lowest BCUT2D eigenvalue weighted by Crippen LogP contribution is -2.17. The molecule has 0 bridgehead atoms. The number of nitriles is 1. The van der Waals surface area contributed by atoms with Crippen molar-refractivity contribution >= 4 is 12.3 Å². The fraction of sp³-hybridized carbons (Fsp3) is 0.444. The summed E-state index contributed by atoms with van der Waals surface area (Å²) in [5.41, 5.74) is 2.91. The molecular weight excluding hydrogens is 433 g/mol. The van der Waals surface area contributed by atoms with Gasteiger partial charge in [0.1, 0.15) is 12.4 Å². The van der Waals surface area contributed by atoms with Crippen molar-refractivity contribution in [3.05, 3.63) is 59.4 Å². The predicted octanol–water partition coefficient (Wildman–Crippen LogP) is 5.41. The quantitative estimate of drug-likeness (QED) is 0.260. The first-order valence-electron chi connectivity index (χ1n) is 11.6. The Kier molecular flexibility index (Phi) is 18.4. The molecule has 2 rings (SSSR count). The molecule has 0 aliphatic heterocycles. The van der Waals surface area contributed by atoms with Crippen LogP contribution < -0.4 is 10.6 Å². The Morgan fingerprint density at radius 1 is 1.03 bits per heavy atom. The second-order valence-corrected chi connectivity index (χ2v) is 7.45. The number of halogens is 1. The van der Waals surface area contributed by atoms with Crippen molar-refractivity contribution in [2.45, 2.75) is 52.9 Å². The van der Waals surface area contributed by atoms with Gasteiger partial charge in [-0.25, -0.2) is 4.39 Å². The molecule has 0 aliphatic carbocycles. The number of hydrogen-bond acceptors (Lipinski definition) is 4. The third kappa shape index (κ3) is 14.0. The van der Waals surface area contributed by atoms with E-state index in [2.05, 4.69) is 24.5 Å². The summed E-state index contributed by atoms with van der Waals surface area (Å²) in [4.78, 5) is 20.7. The van der Waals surface area contributed by atoms with Crippen LogP contribution in [0.25, 0.3) is 11.1 Å². The van der Waals surface area contributed by atoms with E-state index in [1.165, 1.54) is 31.7 Å². The van der Waals surface area contributed by atoms with Gasteiger partial charge in [-0.2, -0.15) is 5.26 Å². The molecule has 2 N–H and O–H groups in total. The normalized spacial score (nSPS) is 9.41. The summed E-state index contributed by atoms with van der Waals surface area (Å²) in [6.07, 6.45) is 6.88. The number of carbonyl (C=O) groups is 2. The van der Waals surface area contributed by atoms with E-state index in [-0.39, 0.29) is 18.3 Å². The SMILES string of the molecule is CCCCCCOCCC.CNC(=O)c1ccc(-c2ccc(C)c(F)c2)cc1.N#CCNC=O. The molecule has 0 heterocycles. The van der Waals surface area contributed by atoms with Crippen LogP contribution in [0.4, 0.5) is 4.39 Å². The largest absolute Gasteiger partial charge is 0.381 e. The first-order chi connectivity index (χ1) is 16.4. The van der Waals surface area contributed by atoms with Crippen molar-refractivity contribution in [3.8, 4) is 17.2 Å². The lowest BCUT2D eigenvalue weighted by Gasteiger charge is -2.05. The van der Waals surface area contributed by atoms with Gasteiger partial charge in [0.2, 0.25) is 6.41 Å². The molecule has 2 aromatic rings. The summed E-state index contributed by atoms with van der Waals surface area (Å²) in [5.74, 6) is -0.348. The zero-order valence-corrected chi connectivity index (χ0v) is 20.8. The highest BCUT2D eigenvalue weighted by Gasteiger charge is 2.05. The summed E-state index contributed by atoms with van der Waals surface area (Å²) < 4.78 is 18.8. The molecule has 6 nitrogen and oxygen atoms in total. The fourth-order valence-corrected chi connectivity index (χ4v) is 2.70. The van der Waals surface area contributed by atoms with E-state index in [4.69, 9.17) is 10.00 Å². The Labute approximate surface area is 203 Å². The molecule has 0 aliphatic rings. The van der Waals surface area contributed by atoms with Gasteiger partial charge in [-0.15, -0.1) is 0 Å². The van der Waals surface area contributed by atoms with Crippen LogP contribution in [-0.2, 0) is 9.53 Å². The van der Waals surface area contributed by atoms with E-state index in [9.17, 15) is 14.0 Å². The average Bonchev–Trinajstić information content (AvgIpc) is 2.87. The zero-order valence-electron chi connectivity index (χ0n) is 20.8. The van der Waals surface area contributed by atoms with Crippen molar-refractivity contribution in [3.63, 3.8) is 0 Å². The second-order valence-electron chi connectivity index (χ2n) is 7.45. The van der Waals surface area contributed by atoms with Crippen molar-refractivity contribution in [2.75, 3.05) is 26.8 Å². The number of aryl methyl sites for hydroxylation is 1. The Balaban J connectivity index is 0.000000575. The minimum atomic E-state index is -0.220. The number of ether oxygens (including phenoxy) is 1. The van der Waals surface area contributed by atoms with E-state index in [1.807, 2.05) is 18.2 Å². The molecule has 2 amide bonds. The maximum atomic E-state index is 13.5. The Bertz CT molecular complexity index is 856. The summed E-state index contributed by atoms with van der Waals surface area (Å²) in [6.45, 7) is 8.11. The van der Waals surface area contributed by atoms with Crippen LogP contribution in [0.5, 0.6) is 0 Å². The Hall–Kier alpha value is -3.24. The minimum Gasteiger partial charge on any atom is -0.381 e. The van der Waals surface area contributed by atoms with Crippen LogP contribution in [0, 0.1) is 24.1 Å². The number of hydrogen-bond donors (Lipinski definition) is 2. The first-order valence-corrected chi connectivity index (χ1v) is 11.6. The summed E-state index contributed by atoms with van der Waals surface area (Å²) in [6, 6.07) is 13.9. The maximum absolute atomic E-state index is 13.5. The highest BCUT2D eigenvalue weighted by atomic mass is 19.1. The maximum Gasteiger partial charge on any atom is 0.251 e. The molecule has 0 radical (unpaired) electrons. The van der Waals surface area contributed by atoms with Gasteiger partial charge in [0.05, 0.1) is 6.07 Å². The Morgan fingerprint density at radius 2 is 1.71 bits per heavy atom. The number of carbonyl (C=O) groups excluding carboxylic acids is 2. The van der Waals surface area contributed by atoms with Gasteiger partial charge in [0.25, 0.3) is 5.91 Å². The molecule has 34 heavy (non-hydrogen) atoms. The van der Waals surface area contributed by atoms with Crippen LogP contribution in [0.15, 0.2) is 42.5 Å². The number of benzene rings is 2. The van der Waals surface area contributed by atoms with Gasteiger partial charge >= 0.3 is 0 Å². The molecule has 0 saturated carbocycles. The van der Waals surface area contributed by atoms with Crippen LogP contribution >= 0.6 is 0 Å². The lowest BCUT2D eigenvalue weighted by molar-refractivity contribution is -0.109. The fourth-order valence-electron chi connectivity index (χ4n) is 2.70. The van der Waals surface area contributed by atoms with Gasteiger partial charge in [0, 0.05) is 25.8 Å². The third-order valence-corrected chi connectivity index (χ3v) is 4.63. The van der Waals surface area contributed by atoms with Gasteiger partial charge in [-0.3, -0.25) is 9.59 Å². The van der Waals surface area contributed by atoms with Crippen molar-refractivity contribution in [1.29, 1.82) is 5.26 Å². The lowest BCUT2D eigenvalue weighted by atomic mass is 10.0. The summed E-state index contributed by atoms with van der Waals surface area (Å²) in [5, 5.41) is 12.4. The number of unbranched alkanes of at least 4 members (excludes halogenated alkanes) is 3. The number of nitrogens with one attached hydrogen (secondary N) is 2. The van der Waals surface area contributed by atoms with E-state index >= 15 is 0 Å². The molecule has 7 heteroatoms.